The molecule has 0 aromatic heterocycles. The number of carbonyl (C=O) groups is 1. The van der Waals surface area contributed by atoms with E-state index in [9.17, 15) is 4.79 Å². The number of ketones is 1. The fourth-order valence-corrected chi connectivity index (χ4v) is 3.23. The second-order valence-electron chi connectivity index (χ2n) is 6.28. The van der Waals surface area contributed by atoms with Gasteiger partial charge in [0.25, 0.3) is 0 Å². The minimum Gasteiger partial charge on any atom is -0.398 e. The maximum Gasteiger partial charge on any atom is 0.178 e. The van der Waals surface area contributed by atoms with Gasteiger partial charge in [-0.1, -0.05) is 42.5 Å². The first kappa shape index (κ1) is 17.5. The van der Waals surface area contributed by atoms with E-state index in [-0.39, 0.29) is 5.78 Å². The maximum atomic E-state index is 12.4. The van der Waals surface area contributed by atoms with E-state index in [2.05, 4.69) is 35.2 Å². The third kappa shape index (κ3) is 5.07. The van der Waals surface area contributed by atoms with Gasteiger partial charge in [-0.15, -0.1) is 0 Å². The fourth-order valence-electron chi connectivity index (χ4n) is 3.23. The van der Waals surface area contributed by atoms with E-state index in [0.717, 1.165) is 38.3 Å². The van der Waals surface area contributed by atoms with Crippen molar-refractivity contribution in [1.82, 2.24) is 4.90 Å². The summed E-state index contributed by atoms with van der Waals surface area (Å²) in [6.45, 7) is 6.20. The van der Waals surface area contributed by atoms with Crippen molar-refractivity contribution in [2.75, 3.05) is 19.6 Å². The molecule has 2 N–H and O–H groups in total. The van der Waals surface area contributed by atoms with Crippen LogP contribution in [-0.4, -0.2) is 30.3 Å². The Balaban J connectivity index is 1.82. The molecule has 1 aliphatic rings. The molecule has 0 amide bonds. The van der Waals surface area contributed by atoms with E-state index in [4.69, 9.17) is 5.73 Å². The summed E-state index contributed by atoms with van der Waals surface area (Å²) in [6.07, 6.45) is 7.08. The summed E-state index contributed by atoms with van der Waals surface area (Å²) in [5.41, 5.74) is 8.54. The molecule has 1 aromatic carbocycles. The average Bonchev–Trinajstić information content (AvgIpc) is 2.58. The molecule has 0 spiro atoms. The number of piperidine rings is 1. The van der Waals surface area contributed by atoms with Crippen LogP contribution in [0.25, 0.3) is 0 Å². The molecule has 3 heteroatoms. The third-order valence-electron chi connectivity index (χ3n) is 4.65. The number of nitrogens with zero attached hydrogens (tertiary/aromatic N) is 1. The summed E-state index contributed by atoms with van der Waals surface area (Å²) in [4.78, 5) is 14.6. The molecule has 0 bridgehead atoms. The van der Waals surface area contributed by atoms with Gasteiger partial charge in [-0.05, 0) is 57.7 Å². The first-order chi connectivity index (χ1) is 11.1. The van der Waals surface area contributed by atoms with E-state index in [0.29, 0.717) is 17.8 Å². The van der Waals surface area contributed by atoms with Crippen LogP contribution in [-0.2, 0) is 11.2 Å². The summed E-state index contributed by atoms with van der Waals surface area (Å²) in [7, 11) is 0. The number of allylic oxidation sites excluding steroid dienone is 3. The molecule has 0 unspecified atom stereocenters. The molecule has 1 saturated heterocycles. The molecular formula is C20H28N2O. The lowest BCUT2D eigenvalue weighted by atomic mass is 9.90. The Morgan fingerprint density at radius 3 is 2.39 bits per heavy atom. The van der Waals surface area contributed by atoms with Crippen molar-refractivity contribution in [2.24, 2.45) is 11.7 Å². The normalized spacial score (nSPS) is 18.2. The Bertz CT molecular complexity index is 567. The Hall–Kier alpha value is -1.87. The van der Waals surface area contributed by atoms with Crippen molar-refractivity contribution in [1.29, 1.82) is 0 Å². The van der Waals surface area contributed by atoms with Crippen LogP contribution >= 0.6 is 0 Å². The zero-order valence-corrected chi connectivity index (χ0v) is 14.3. The highest BCUT2D eigenvalue weighted by Gasteiger charge is 2.22. The van der Waals surface area contributed by atoms with Crippen LogP contribution < -0.4 is 5.73 Å². The Labute approximate surface area is 139 Å². The molecule has 124 valence electrons. The lowest BCUT2D eigenvalue weighted by molar-refractivity contribution is -0.116. The summed E-state index contributed by atoms with van der Waals surface area (Å²) in [5, 5.41) is 0. The number of carbonyl (C=O) groups excluding carboxylic acids is 1. The van der Waals surface area contributed by atoms with Crippen molar-refractivity contribution < 1.29 is 4.79 Å². The zero-order valence-electron chi connectivity index (χ0n) is 14.3. The van der Waals surface area contributed by atoms with Crippen molar-refractivity contribution in [3.63, 3.8) is 0 Å². The first-order valence-corrected chi connectivity index (χ1v) is 8.52. The highest BCUT2D eigenvalue weighted by atomic mass is 16.1. The van der Waals surface area contributed by atoms with Crippen molar-refractivity contribution >= 4 is 5.78 Å². The van der Waals surface area contributed by atoms with Crippen LogP contribution in [0.1, 0.15) is 32.3 Å². The second kappa shape index (κ2) is 8.68. The molecule has 0 atom stereocenters. The van der Waals surface area contributed by atoms with Gasteiger partial charge in [0.15, 0.2) is 5.78 Å². The lowest BCUT2D eigenvalue weighted by Gasteiger charge is -2.31. The van der Waals surface area contributed by atoms with Gasteiger partial charge < -0.3 is 5.73 Å². The van der Waals surface area contributed by atoms with Gasteiger partial charge in [0, 0.05) is 11.3 Å². The standard InChI is InChI=1S/C20H28N2O/c1-3-18(19(21)4-2)20(23)15-22-12-10-17(11-13-22)14-16-8-6-5-7-9-16/h3-9,17H,10-15,21H2,1-2H3/b18-3+,19-4+. The van der Waals surface area contributed by atoms with E-state index in [1.165, 1.54) is 5.56 Å². The molecule has 0 saturated carbocycles. The van der Waals surface area contributed by atoms with Crippen LogP contribution in [0.2, 0.25) is 0 Å². The molecule has 1 aromatic rings. The number of benzene rings is 1. The number of nitrogens with two attached hydrogens (primary N) is 1. The molecule has 2 rings (SSSR count). The molecule has 3 nitrogen and oxygen atoms in total. The molecule has 23 heavy (non-hydrogen) atoms. The van der Waals surface area contributed by atoms with E-state index >= 15 is 0 Å². The average molecular weight is 312 g/mol. The molecular weight excluding hydrogens is 284 g/mol. The summed E-state index contributed by atoms with van der Waals surface area (Å²) >= 11 is 0. The van der Waals surface area contributed by atoms with E-state index in [1.807, 2.05) is 19.9 Å². The van der Waals surface area contributed by atoms with Gasteiger partial charge in [-0.2, -0.15) is 0 Å². The van der Waals surface area contributed by atoms with E-state index < -0.39 is 0 Å². The molecule has 1 aliphatic heterocycles. The van der Waals surface area contributed by atoms with Gasteiger partial charge in [0.05, 0.1) is 6.54 Å². The quantitative estimate of drug-likeness (QED) is 0.647. The highest BCUT2D eigenvalue weighted by Crippen LogP contribution is 2.22. The van der Waals surface area contributed by atoms with Gasteiger partial charge in [0.1, 0.15) is 0 Å². The van der Waals surface area contributed by atoms with Gasteiger partial charge in [-0.25, -0.2) is 0 Å². The lowest BCUT2D eigenvalue weighted by Crippen LogP contribution is -2.38. The van der Waals surface area contributed by atoms with Crippen molar-refractivity contribution in [3.05, 3.63) is 59.3 Å². The molecule has 0 radical (unpaired) electrons. The van der Waals surface area contributed by atoms with Crippen LogP contribution in [0.15, 0.2) is 53.8 Å². The minimum absolute atomic E-state index is 0.129. The summed E-state index contributed by atoms with van der Waals surface area (Å²) in [6, 6.07) is 10.7. The summed E-state index contributed by atoms with van der Waals surface area (Å²) in [5.74, 6) is 0.857. The van der Waals surface area contributed by atoms with Crippen LogP contribution in [0, 0.1) is 5.92 Å². The summed E-state index contributed by atoms with van der Waals surface area (Å²) < 4.78 is 0. The number of hydrogen-bond donors (Lipinski definition) is 1. The zero-order chi connectivity index (χ0) is 16.7. The monoisotopic (exact) mass is 312 g/mol. The van der Waals surface area contributed by atoms with Crippen molar-refractivity contribution in [2.45, 2.75) is 33.1 Å². The molecule has 0 aliphatic carbocycles. The number of likely N-dealkylation sites (tertiary alicyclic amines) is 1. The largest absolute Gasteiger partial charge is 0.398 e. The van der Waals surface area contributed by atoms with Crippen LogP contribution in [0.4, 0.5) is 0 Å². The van der Waals surface area contributed by atoms with Crippen LogP contribution in [0.5, 0.6) is 0 Å². The van der Waals surface area contributed by atoms with E-state index in [1.54, 1.807) is 6.08 Å². The van der Waals surface area contributed by atoms with Crippen molar-refractivity contribution in [3.8, 4) is 0 Å². The second-order valence-corrected chi connectivity index (χ2v) is 6.28. The SMILES string of the molecule is C/C=C(N)\C(=C/C)C(=O)CN1CCC(Cc2ccccc2)CC1. The fraction of sp³-hybridized carbons (Fsp3) is 0.450. The smallest absolute Gasteiger partial charge is 0.178 e. The minimum atomic E-state index is 0.129. The first-order valence-electron chi connectivity index (χ1n) is 8.52. The molecule has 1 fully saturated rings. The highest BCUT2D eigenvalue weighted by molar-refractivity contribution is 6.00. The Morgan fingerprint density at radius 1 is 1.17 bits per heavy atom. The predicted molar refractivity (Wildman–Crippen MR) is 96.0 cm³/mol. The third-order valence-corrected chi connectivity index (χ3v) is 4.65. The number of Topliss-reactive ketones (excluding diaryl/α,β-unsaturated/α-hetero) is 1. The van der Waals surface area contributed by atoms with Crippen LogP contribution in [0.3, 0.4) is 0 Å². The maximum absolute atomic E-state index is 12.4. The van der Waals surface area contributed by atoms with Gasteiger partial charge in [-0.3, -0.25) is 9.69 Å². The van der Waals surface area contributed by atoms with Gasteiger partial charge in [0.2, 0.25) is 0 Å². The number of rotatable bonds is 6. The topological polar surface area (TPSA) is 46.3 Å². The Morgan fingerprint density at radius 2 is 1.83 bits per heavy atom. The number of hydrogen-bond acceptors (Lipinski definition) is 3. The Kier molecular flexibility index (Phi) is 6.60. The predicted octanol–water partition coefficient (Wildman–Crippen LogP) is 3.32. The molecule has 1 heterocycles. The van der Waals surface area contributed by atoms with Gasteiger partial charge >= 0.3 is 0 Å².